The van der Waals surface area contributed by atoms with Gasteiger partial charge in [0.2, 0.25) is 5.91 Å². The van der Waals surface area contributed by atoms with Crippen LogP contribution in [0.2, 0.25) is 0 Å². The molecule has 0 heterocycles. The van der Waals surface area contributed by atoms with E-state index in [1.54, 1.807) is 36.2 Å². The van der Waals surface area contributed by atoms with Crippen LogP contribution in [0.5, 0.6) is 11.5 Å². The van der Waals surface area contributed by atoms with Gasteiger partial charge in [-0.1, -0.05) is 30.3 Å². The fraction of sp³-hybridized carbons (Fsp3) is 0.200. The van der Waals surface area contributed by atoms with Gasteiger partial charge < -0.3 is 14.4 Å². The van der Waals surface area contributed by atoms with Crippen molar-refractivity contribution >= 4 is 18.0 Å². The predicted molar refractivity (Wildman–Crippen MR) is 96.3 cm³/mol. The summed E-state index contributed by atoms with van der Waals surface area (Å²) in [5.41, 5.74) is 1.68. The molecule has 0 saturated carbocycles. The number of hydrogen-bond donors (Lipinski definition) is 0. The summed E-state index contributed by atoms with van der Waals surface area (Å²) < 4.78 is 10.3. The normalized spacial score (nSPS) is 10.5. The van der Waals surface area contributed by atoms with E-state index in [4.69, 9.17) is 9.47 Å². The zero-order chi connectivity index (χ0) is 18.2. The SMILES string of the molecule is COc1ccc(/C=C\C(=O)N(C)Cc2ccccc2)c(OC(C)=O)c1. The minimum atomic E-state index is -0.435. The summed E-state index contributed by atoms with van der Waals surface area (Å²) in [6.45, 7) is 1.84. The van der Waals surface area contributed by atoms with Gasteiger partial charge in [-0.05, 0) is 23.8 Å². The van der Waals surface area contributed by atoms with Gasteiger partial charge in [0.1, 0.15) is 11.5 Å². The lowest BCUT2D eigenvalue weighted by Gasteiger charge is -2.15. The molecular weight excluding hydrogens is 318 g/mol. The van der Waals surface area contributed by atoms with Gasteiger partial charge in [-0.3, -0.25) is 9.59 Å². The maximum absolute atomic E-state index is 12.3. The fourth-order valence-corrected chi connectivity index (χ4v) is 2.25. The van der Waals surface area contributed by atoms with Gasteiger partial charge in [-0.15, -0.1) is 0 Å². The molecule has 0 bridgehead atoms. The molecule has 0 atom stereocenters. The Hall–Kier alpha value is -3.08. The minimum Gasteiger partial charge on any atom is -0.497 e. The van der Waals surface area contributed by atoms with Gasteiger partial charge >= 0.3 is 5.97 Å². The Labute approximate surface area is 147 Å². The third kappa shape index (κ3) is 5.49. The second-order valence-electron chi connectivity index (χ2n) is 5.51. The van der Waals surface area contributed by atoms with E-state index < -0.39 is 5.97 Å². The van der Waals surface area contributed by atoms with Crippen LogP contribution in [0.25, 0.3) is 6.08 Å². The molecule has 0 aliphatic carbocycles. The second kappa shape index (κ2) is 8.68. The number of esters is 1. The van der Waals surface area contributed by atoms with E-state index in [9.17, 15) is 9.59 Å². The number of benzene rings is 2. The van der Waals surface area contributed by atoms with Crippen molar-refractivity contribution in [2.75, 3.05) is 14.2 Å². The monoisotopic (exact) mass is 339 g/mol. The van der Waals surface area contributed by atoms with Crippen LogP contribution in [-0.2, 0) is 16.1 Å². The molecule has 2 rings (SSSR count). The van der Waals surface area contributed by atoms with Crippen molar-refractivity contribution in [2.24, 2.45) is 0 Å². The first kappa shape index (κ1) is 18.3. The maximum Gasteiger partial charge on any atom is 0.308 e. The lowest BCUT2D eigenvalue weighted by molar-refractivity contribution is -0.132. The third-order valence-corrected chi connectivity index (χ3v) is 3.52. The lowest BCUT2D eigenvalue weighted by atomic mass is 10.1. The molecule has 5 heteroatoms. The summed E-state index contributed by atoms with van der Waals surface area (Å²) in [4.78, 5) is 25.1. The zero-order valence-corrected chi connectivity index (χ0v) is 14.6. The van der Waals surface area contributed by atoms with Gasteiger partial charge in [0.05, 0.1) is 7.11 Å². The molecule has 0 aliphatic rings. The molecule has 2 aromatic rings. The lowest BCUT2D eigenvalue weighted by Crippen LogP contribution is -2.24. The Balaban J connectivity index is 2.11. The highest BCUT2D eigenvalue weighted by Gasteiger charge is 2.09. The third-order valence-electron chi connectivity index (χ3n) is 3.52. The van der Waals surface area contributed by atoms with E-state index in [1.165, 1.54) is 20.1 Å². The standard InChI is InChI=1S/C20H21NO4/c1-15(22)25-19-13-18(24-3)11-9-17(19)10-12-20(23)21(2)14-16-7-5-4-6-8-16/h4-13H,14H2,1-3H3/b12-10-. The molecule has 130 valence electrons. The summed E-state index contributed by atoms with van der Waals surface area (Å²) >= 11 is 0. The van der Waals surface area contributed by atoms with E-state index in [1.807, 2.05) is 30.3 Å². The van der Waals surface area contributed by atoms with E-state index in [2.05, 4.69) is 0 Å². The average Bonchev–Trinajstić information content (AvgIpc) is 2.60. The summed E-state index contributed by atoms with van der Waals surface area (Å²) in [5.74, 6) is 0.339. The van der Waals surface area contributed by atoms with Gasteiger partial charge in [0, 0.05) is 38.2 Å². The van der Waals surface area contributed by atoms with Crippen LogP contribution in [-0.4, -0.2) is 30.9 Å². The molecule has 0 aromatic heterocycles. The molecule has 25 heavy (non-hydrogen) atoms. The summed E-state index contributed by atoms with van der Waals surface area (Å²) in [6.07, 6.45) is 3.08. The van der Waals surface area contributed by atoms with Crippen molar-refractivity contribution in [3.8, 4) is 11.5 Å². The predicted octanol–water partition coefficient (Wildman–Crippen LogP) is 3.29. The Bertz CT molecular complexity index is 769. The van der Waals surface area contributed by atoms with Crippen LogP contribution in [0.3, 0.4) is 0 Å². The first-order valence-electron chi connectivity index (χ1n) is 7.83. The molecule has 0 N–H and O–H groups in total. The van der Waals surface area contributed by atoms with Crippen molar-refractivity contribution < 1.29 is 19.1 Å². The molecule has 0 radical (unpaired) electrons. The Morgan fingerprint density at radius 3 is 2.48 bits per heavy atom. The molecule has 5 nitrogen and oxygen atoms in total. The average molecular weight is 339 g/mol. The highest BCUT2D eigenvalue weighted by atomic mass is 16.5. The van der Waals surface area contributed by atoms with Crippen molar-refractivity contribution in [1.82, 2.24) is 4.90 Å². The van der Waals surface area contributed by atoms with Gasteiger partial charge in [-0.25, -0.2) is 0 Å². The smallest absolute Gasteiger partial charge is 0.308 e. The number of nitrogens with zero attached hydrogens (tertiary/aromatic N) is 1. The quantitative estimate of drug-likeness (QED) is 0.460. The Morgan fingerprint density at radius 1 is 1.12 bits per heavy atom. The van der Waals surface area contributed by atoms with E-state index in [-0.39, 0.29) is 5.91 Å². The van der Waals surface area contributed by atoms with Crippen LogP contribution < -0.4 is 9.47 Å². The van der Waals surface area contributed by atoms with Crippen LogP contribution in [0.1, 0.15) is 18.1 Å². The van der Waals surface area contributed by atoms with E-state index in [0.29, 0.717) is 23.6 Å². The largest absolute Gasteiger partial charge is 0.497 e. The first-order chi connectivity index (χ1) is 12.0. The van der Waals surface area contributed by atoms with Crippen molar-refractivity contribution in [1.29, 1.82) is 0 Å². The number of ether oxygens (including phenoxy) is 2. The number of carbonyl (C=O) groups excluding carboxylic acids is 2. The molecule has 2 aromatic carbocycles. The van der Waals surface area contributed by atoms with Crippen LogP contribution in [0, 0.1) is 0 Å². The van der Waals surface area contributed by atoms with Gasteiger partial charge in [0.25, 0.3) is 0 Å². The van der Waals surface area contributed by atoms with Crippen molar-refractivity contribution in [2.45, 2.75) is 13.5 Å². The molecule has 1 amide bonds. The number of amides is 1. The van der Waals surface area contributed by atoms with Gasteiger partial charge in [-0.2, -0.15) is 0 Å². The highest BCUT2D eigenvalue weighted by Crippen LogP contribution is 2.26. The number of rotatable bonds is 6. The molecular formula is C20H21NO4. The highest BCUT2D eigenvalue weighted by molar-refractivity contribution is 5.92. The number of hydrogen-bond acceptors (Lipinski definition) is 4. The van der Waals surface area contributed by atoms with Gasteiger partial charge in [0.15, 0.2) is 0 Å². The van der Waals surface area contributed by atoms with E-state index >= 15 is 0 Å². The molecule has 0 saturated heterocycles. The van der Waals surface area contributed by atoms with Crippen LogP contribution >= 0.6 is 0 Å². The second-order valence-corrected chi connectivity index (χ2v) is 5.51. The minimum absolute atomic E-state index is 0.145. The zero-order valence-electron chi connectivity index (χ0n) is 14.6. The van der Waals surface area contributed by atoms with Crippen molar-refractivity contribution in [3.63, 3.8) is 0 Å². The number of methoxy groups -OCH3 is 1. The van der Waals surface area contributed by atoms with Crippen molar-refractivity contribution in [3.05, 3.63) is 65.7 Å². The maximum atomic E-state index is 12.3. The molecule has 0 spiro atoms. The molecule has 0 unspecified atom stereocenters. The van der Waals surface area contributed by atoms with Crippen LogP contribution in [0.4, 0.5) is 0 Å². The first-order valence-corrected chi connectivity index (χ1v) is 7.83. The fourth-order valence-electron chi connectivity index (χ4n) is 2.25. The van der Waals surface area contributed by atoms with E-state index in [0.717, 1.165) is 5.56 Å². The topological polar surface area (TPSA) is 55.8 Å². The molecule has 0 aliphatic heterocycles. The summed E-state index contributed by atoms with van der Waals surface area (Å²) in [6, 6.07) is 14.8. The number of likely N-dealkylation sites (N-methyl/N-ethyl adjacent to an activating group) is 1. The molecule has 0 fully saturated rings. The Morgan fingerprint density at radius 2 is 1.84 bits per heavy atom. The summed E-state index contributed by atoms with van der Waals surface area (Å²) in [5, 5.41) is 0. The Kier molecular flexibility index (Phi) is 6.34. The number of carbonyl (C=O) groups is 2. The summed E-state index contributed by atoms with van der Waals surface area (Å²) in [7, 11) is 3.27. The van der Waals surface area contributed by atoms with Crippen LogP contribution in [0.15, 0.2) is 54.6 Å².